The number of aromatic nitrogens is 1. The standard InChI is InChI=1S/C11H13N3O3/c12-7-3-10-8(13-11(16)17-10)4-9(7)14-2-1-6(15)5-14/h3-4,6,15H,1-2,5,12H2,(H,13,16). The van der Waals surface area contributed by atoms with E-state index < -0.39 is 5.76 Å². The Labute approximate surface area is 96.6 Å². The number of anilines is 2. The summed E-state index contributed by atoms with van der Waals surface area (Å²) in [5.41, 5.74) is 8.38. The molecule has 1 aliphatic heterocycles. The molecule has 4 N–H and O–H groups in total. The fraction of sp³-hybridized carbons (Fsp3) is 0.364. The SMILES string of the molecule is Nc1cc2oc(=O)[nH]c2cc1N1CCC(O)C1. The van der Waals surface area contributed by atoms with Crippen LogP contribution in [0.2, 0.25) is 0 Å². The topological polar surface area (TPSA) is 95.5 Å². The average molecular weight is 235 g/mol. The molecule has 2 aromatic rings. The number of nitrogen functional groups attached to an aromatic ring is 1. The number of hydrogen-bond donors (Lipinski definition) is 3. The maximum Gasteiger partial charge on any atom is 0.417 e. The van der Waals surface area contributed by atoms with Gasteiger partial charge in [0.25, 0.3) is 0 Å². The lowest BCUT2D eigenvalue weighted by molar-refractivity contribution is 0.198. The number of nitrogens with zero attached hydrogens (tertiary/aromatic N) is 1. The van der Waals surface area contributed by atoms with Crippen LogP contribution in [0.3, 0.4) is 0 Å². The number of aliphatic hydroxyl groups excluding tert-OH is 1. The van der Waals surface area contributed by atoms with Gasteiger partial charge in [-0.05, 0) is 12.5 Å². The summed E-state index contributed by atoms with van der Waals surface area (Å²) >= 11 is 0. The van der Waals surface area contributed by atoms with Crippen LogP contribution in [-0.4, -0.2) is 29.3 Å². The number of rotatable bonds is 1. The third kappa shape index (κ3) is 1.66. The van der Waals surface area contributed by atoms with E-state index in [4.69, 9.17) is 10.2 Å². The predicted molar refractivity (Wildman–Crippen MR) is 64.1 cm³/mol. The molecule has 17 heavy (non-hydrogen) atoms. The first-order chi connectivity index (χ1) is 8.13. The summed E-state index contributed by atoms with van der Waals surface area (Å²) in [6.07, 6.45) is 0.424. The lowest BCUT2D eigenvalue weighted by Crippen LogP contribution is -2.22. The highest BCUT2D eigenvalue weighted by Gasteiger charge is 2.22. The Hall–Kier alpha value is -1.95. The quantitative estimate of drug-likeness (QED) is 0.617. The maximum atomic E-state index is 11.1. The highest BCUT2D eigenvalue weighted by atomic mass is 16.4. The van der Waals surface area contributed by atoms with E-state index in [2.05, 4.69) is 4.98 Å². The molecule has 1 aromatic heterocycles. The molecule has 1 unspecified atom stereocenters. The van der Waals surface area contributed by atoms with Crippen molar-refractivity contribution in [2.75, 3.05) is 23.7 Å². The van der Waals surface area contributed by atoms with Crippen molar-refractivity contribution in [2.45, 2.75) is 12.5 Å². The van der Waals surface area contributed by atoms with Gasteiger partial charge in [0, 0.05) is 19.2 Å². The van der Waals surface area contributed by atoms with Crippen LogP contribution in [0.15, 0.2) is 21.3 Å². The van der Waals surface area contributed by atoms with E-state index in [0.717, 1.165) is 18.7 Å². The summed E-state index contributed by atoms with van der Waals surface area (Å²) in [7, 11) is 0. The number of benzene rings is 1. The van der Waals surface area contributed by atoms with Crippen molar-refractivity contribution in [1.82, 2.24) is 4.98 Å². The van der Waals surface area contributed by atoms with Crippen LogP contribution in [0, 0.1) is 0 Å². The highest BCUT2D eigenvalue weighted by molar-refractivity contribution is 5.85. The zero-order valence-electron chi connectivity index (χ0n) is 9.14. The molecule has 1 aromatic carbocycles. The molecule has 0 saturated carbocycles. The maximum absolute atomic E-state index is 11.1. The van der Waals surface area contributed by atoms with Crippen molar-refractivity contribution in [2.24, 2.45) is 0 Å². The Bertz CT molecular complexity index is 616. The van der Waals surface area contributed by atoms with E-state index in [1.54, 1.807) is 12.1 Å². The fourth-order valence-electron chi connectivity index (χ4n) is 2.24. The minimum atomic E-state index is -0.488. The molecular weight excluding hydrogens is 222 g/mol. The molecule has 6 heteroatoms. The molecular formula is C11H13N3O3. The summed E-state index contributed by atoms with van der Waals surface area (Å²) in [6.45, 7) is 1.33. The van der Waals surface area contributed by atoms with E-state index in [9.17, 15) is 9.90 Å². The Balaban J connectivity index is 2.09. The fourth-order valence-corrected chi connectivity index (χ4v) is 2.24. The molecule has 0 spiro atoms. The number of hydrogen-bond acceptors (Lipinski definition) is 5. The number of H-pyrrole nitrogens is 1. The van der Waals surface area contributed by atoms with E-state index in [0.29, 0.717) is 23.3 Å². The van der Waals surface area contributed by atoms with Crippen LogP contribution in [0.5, 0.6) is 0 Å². The van der Waals surface area contributed by atoms with E-state index in [1.165, 1.54) is 0 Å². The first-order valence-electron chi connectivity index (χ1n) is 5.49. The lowest BCUT2D eigenvalue weighted by Gasteiger charge is -2.19. The predicted octanol–water partition coefficient (Wildman–Crippen LogP) is 0.274. The largest absolute Gasteiger partial charge is 0.417 e. The van der Waals surface area contributed by atoms with Gasteiger partial charge in [-0.15, -0.1) is 0 Å². The van der Waals surface area contributed by atoms with Crippen molar-refractivity contribution < 1.29 is 9.52 Å². The first kappa shape index (κ1) is 10.2. The van der Waals surface area contributed by atoms with Crippen molar-refractivity contribution in [3.8, 4) is 0 Å². The van der Waals surface area contributed by atoms with Gasteiger partial charge in [-0.25, -0.2) is 4.79 Å². The summed E-state index contributed by atoms with van der Waals surface area (Å²) < 4.78 is 4.93. The number of β-amino-alcohol motifs (C(OH)–C–C–N with tert-alkyl or cyclic N) is 1. The van der Waals surface area contributed by atoms with Gasteiger partial charge in [0.2, 0.25) is 0 Å². The third-order valence-electron chi connectivity index (χ3n) is 3.07. The third-order valence-corrected chi connectivity index (χ3v) is 3.07. The van der Waals surface area contributed by atoms with Gasteiger partial charge in [0.1, 0.15) is 0 Å². The normalized spacial score (nSPS) is 20.3. The molecule has 0 amide bonds. The molecule has 0 aliphatic carbocycles. The summed E-state index contributed by atoms with van der Waals surface area (Å²) in [6, 6.07) is 3.42. The smallest absolute Gasteiger partial charge is 0.408 e. The Morgan fingerprint density at radius 2 is 2.35 bits per heavy atom. The molecule has 1 fully saturated rings. The molecule has 1 atom stereocenters. The van der Waals surface area contributed by atoms with E-state index in [-0.39, 0.29) is 6.10 Å². The molecule has 0 bridgehead atoms. The number of aromatic amines is 1. The van der Waals surface area contributed by atoms with Crippen molar-refractivity contribution in [1.29, 1.82) is 0 Å². The van der Waals surface area contributed by atoms with Gasteiger partial charge in [0.05, 0.1) is 23.0 Å². The van der Waals surface area contributed by atoms with Crippen molar-refractivity contribution >= 4 is 22.5 Å². The van der Waals surface area contributed by atoms with Gasteiger partial charge in [-0.1, -0.05) is 0 Å². The van der Waals surface area contributed by atoms with Crippen molar-refractivity contribution in [3.05, 3.63) is 22.7 Å². The van der Waals surface area contributed by atoms with E-state index in [1.807, 2.05) is 4.90 Å². The zero-order valence-corrected chi connectivity index (χ0v) is 9.14. The first-order valence-corrected chi connectivity index (χ1v) is 5.49. The minimum absolute atomic E-state index is 0.312. The molecule has 2 heterocycles. The molecule has 1 aliphatic rings. The number of fused-ring (bicyclic) bond motifs is 1. The minimum Gasteiger partial charge on any atom is -0.408 e. The second-order valence-corrected chi connectivity index (χ2v) is 4.31. The van der Waals surface area contributed by atoms with Crippen LogP contribution in [0.1, 0.15) is 6.42 Å². The second kappa shape index (κ2) is 3.53. The number of aliphatic hydroxyl groups is 1. The Morgan fingerprint density at radius 3 is 3.06 bits per heavy atom. The molecule has 3 rings (SSSR count). The Kier molecular flexibility index (Phi) is 2.12. The Morgan fingerprint density at radius 1 is 1.53 bits per heavy atom. The molecule has 6 nitrogen and oxygen atoms in total. The zero-order chi connectivity index (χ0) is 12.0. The van der Waals surface area contributed by atoms with Crippen molar-refractivity contribution in [3.63, 3.8) is 0 Å². The van der Waals surface area contributed by atoms with Crippen LogP contribution < -0.4 is 16.4 Å². The average Bonchev–Trinajstić information content (AvgIpc) is 2.82. The number of nitrogens with two attached hydrogens (primary N) is 1. The second-order valence-electron chi connectivity index (χ2n) is 4.31. The molecule has 90 valence electrons. The molecule has 0 radical (unpaired) electrons. The van der Waals surface area contributed by atoms with Gasteiger partial charge in [0.15, 0.2) is 5.58 Å². The van der Waals surface area contributed by atoms with Crippen LogP contribution in [0.25, 0.3) is 11.1 Å². The van der Waals surface area contributed by atoms with Gasteiger partial charge in [-0.2, -0.15) is 0 Å². The summed E-state index contributed by atoms with van der Waals surface area (Å²) in [5.74, 6) is -0.488. The molecule has 1 saturated heterocycles. The highest BCUT2D eigenvalue weighted by Crippen LogP contribution is 2.30. The summed E-state index contributed by atoms with van der Waals surface area (Å²) in [5, 5.41) is 9.51. The number of nitrogens with one attached hydrogen (secondary N) is 1. The monoisotopic (exact) mass is 235 g/mol. The van der Waals surface area contributed by atoms with E-state index >= 15 is 0 Å². The van der Waals surface area contributed by atoms with Gasteiger partial charge in [-0.3, -0.25) is 4.98 Å². The lowest BCUT2D eigenvalue weighted by atomic mass is 10.2. The van der Waals surface area contributed by atoms with Crippen LogP contribution in [-0.2, 0) is 0 Å². The van der Waals surface area contributed by atoms with Crippen LogP contribution in [0.4, 0.5) is 11.4 Å². The van der Waals surface area contributed by atoms with Gasteiger partial charge < -0.3 is 20.2 Å². The van der Waals surface area contributed by atoms with Gasteiger partial charge >= 0.3 is 5.76 Å². The summed E-state index contributed by atoms with van der Waals surface area (Å²) in [4.78, 5) is 15.7. The van der Waals surface area contributed by atoms with Crippen LogP contribution >= 0.6 is 0 Å². The number of oxazole rings is 1.